The maximum absolute atomic E-state index is 12.0. The second-order valence-electron chi connectivity index (χ2n) is 6.25. The highest BCUT2D eigenvalue weighted by Gasteiger charge is 2.11. The molecule has 0 bridgehead atoms. The number of benzene rings is 2. The third-order valence-corrected chi connectivity index (χ3v) is 4.76. The molecule has 1 heterocycles. The molecule has 0 radical (unpaired) electrons. The second-order valence-corrected chi connectivity index (χ2v) is 7.10. The molecule has 0 saturated heterocycles. The van der Waals surface area contributed by atoms with Gasteiger partial charge in [0.05, 0.1) is 0 Å². The summed E-state index contributed by atoms with van der Waals surface area (Å²) >= 11 is 3.56. The molecule has 1 amide bonds. The van der Waals surface area contributed by atoms with Crippen LogP contribution in [0.5, 0.6) is 0 Å². The van der Waals surface area contributed by atoms with Gasteiger partial charge in [0, 0.05) is 47.7 Å². The first-order valence-corrected chi connectivity index (χ1v) is 8.98. The predicted octanol–water partition coefficient (Wildman–Crippen LogP) is 4.15. The van der Waals surface area contributed by atoms with Crippen molar-refractivity contribution in [1.29, 1.82) is 0 Å². The third kappa shape index (κ3) is 4.39. The second kappa shape index (κ2) is 7.85. The lowest BCUT2D eigenvalue weighted by Gasteiger charge is -2.18. The van der Waals surface area contributed by atoms with Gasteiger partial charge in [-0.2, -0.15) is 0 Å². The molecule has 5 nitrogen and oxygen atoms in total. The fourth-order valence-corrected chi connectivity index (χ4v) is 3.32. The van der Waals surface area contributed by atoms with Crippen molar-refractivity contribution in [3.63, 3.8) is 0 Å². The summed E-state index contributed by atoms with van der Waals surface area (Å²) in [7, 11) is 2.01. The molecular weight excluding hydrogens is 396 g/mol. The number of nitrogens with zero attached hydrogens (tertiary/aromatic N) is 1. The van der Waals surface area contributed by atoms with Gasteiger partial charge in [-0.25, -0.2) is 4.79 Å². The van der Waals surface area contributed by atoms with Crippen LogP contribution < -0.4 is 10.9 Å². The molecule has 0 saturated carbocycles. The molecule has 0 aliphatic heterocycles. The van der Waals surface area contributed by atoms with E-state index in [1.54, 1.807) is 12.1 Å². The topological polar surface area (TPSA) is 62.6 Å². The van der Waals surface area contributed by atoms with Crippen molar-refractivity contribution < 1.29 is 9.21 Å². The number of fused-ring (bicyclic) bond motifs is 1. The minimum atomic E-state index is -0.401. The molecule has 0 aliphatic carbocycles. The van der Waals surface area contributed by atoms with Gasteiger partial charge in [0.2, 0.25) is 5.91 Å². The van der Waals surface area contributed by atoms with E-state index in [-0.39, 0.29) is 5.91 Å². The molecule has 0 spiro atoms. The minimum absolute atomic E-state index is 0.170. The number of rotatable bonds is 5. The lowest BCUT2D eigenvalue weighted by atomic mass is 10.1. The molecule has 26 heavy (non-hydrogen) atoms. The Morgan fingerprint density at radius 1 is 1.12 bits per heavy atom. The quantitative estimate of drug-likeness (QED) is 0.637. The fraction of sp³-hybridized carbons (Fsp3) is 0.200. The highest BCUT2D eigenvalue weighted by molar-refractivity contribution is 9.10. The smallest absolute Gasteiger partial charge is 0.336 e. The van der Waals surface area contributed by atoms with Crippen molar-refractivity contribution >= 4 is 38.5 Å². The average molecular weight is 415 g/mol. The van der Waals surface area contributed by atoms with Gasteiger partial charge in [0.1, 0.15) is 5.58 Å². The molecule has 1 aromatic heterocycles. The van der Waals surface area contributed by atoms with Crippen LogP contribution in [0, 0.1) is 0 Å². The highest BCUT2D eigenvalue weighted by atomic mass is 79.9. The number of hydrogen-bond donors (Lipinski definition) is 1. The summed E-state index contributed by atoms with van der Waals surface area (Å²) in [5.74, 6) is -0.170. The molecular formula is C20H19BrN2O3. The van der Waals surface area contributed by atoms with Crippen LogP contribution in [-0.2, 0) is 17.9 Å². The van der Waals surface area contributed by atoms with E-state index in [4.69, 9.17) is 4.42 Å². The number of halogens is 1. The predicted molar refractivity (Wildman–Crippen MR) is 106 cm³/mol. The molecule has 0 fully saturated rings. The lowest BCUT2D eigenvalue weighted by Crippen LogP contribution is -2.18. The Labute approximate surface area is 159 Å². The zero-order valence-corrected chi connectivity index (χ0v) is 16.2. The zero-order valence-electron chi connectivity index (χ0n) is 14.6. The van der Waals surface area contributed by atoms with Gasteiger partial charge in [-0.15, -0.1) is 0 Å². The number of hydrogen-bond acceptors (Lipinski definition) is 4. The minimum Gasteiger partial charge on any atom is -0.423 e. The largest absolute Gasteiger partial charge is 0.423 e. The van der Waals surface area contributed by atoms with E-state index < -0.39 is 5.63 Å². The maximum atomic E-state index is 12.0. The number of carbonyl (C=O) groups excluding carboxylic acids is 1. The molecule has 1 N–H and O–H groups in total. The molecule has 0 atom stereocenters. The summed E-state index contributed by atoms with van der Waals surface area (Å²) < 4.78 is 6.37. The van der Waals surface area contributed by atoms with E-state index in [1.165, 1.54) is 18.6 Å². The Morgan fingerprint density at radius 2 is 1.85 bits per heavy atom. The molecule has 3 aromatic rings. The summed E-state index contributed by atoms with van der Waals surface area (Å²) in [6, 6.07) is 14.9. The Balaban J connectivity index is 1.88. The standard InChI is InChI=1S/C20H19BrN2O3/c1-13(24)22-16-7-8-17-15(9-20(25)26-19(17)10-16)12-23(2)11-14-5-3-4-6-18(14)21/h3-10H,11-12H2,1-2H3,(H,22,24). The Morgan fingerprint density at radius 3 is 2.58 bits per heavy atom. The van der Waals surface area contributed by atoms with Gasteiger partial charge < -0.3 is 9.73 Å². The van der Waals surface area contributed by atoms with Crippen molar-refractivity contribution in [2.75, 3.05) is 12.4 Å². The van der Waals surface area contributed by atoms with Gasteiger partial charge in [0.15, 0.2) is 0 Å². The molecule has 3 rings (SSSR count). The van der Waals surface area contributed by atoms with Crippen LogP contribution >= 0.6 is 15.9 Å². The van der Waals surface area contributed by atoms with Crippen LogP contribution in [0.4, 0.5) is 5.69 Å². The van der Waals surface area contributed by atoms with Crippen LogP contribution in [0.1, 0.15) is 18.1 Å². The van der Waals surface area contributed by atoms with Crippen molar-refractivity contribution in [2.45, 2.75) is 20.0 Å². The average Bonchev–Trinajstić information content (AvgIpc) is 2.56. The van der Waals surface area contributed by atoms with Gasteiger partial charge in [0.25, 0.3) is 0 Å². The van der Waals surface area contributed by atoms with Crippen LogP contribution in [0.25, 0.3) is 11.0 Å². The van der Waals surface area contributed by atoms with Gasteiger partial charge in [-0.3, -0.25) is 9.69 Å². The first-order chi connectivity index (χ1) is 12.4. The molecule has 0 unspecified atom stereocenters. The molecule has 0 aliphatic rings. The summed E-state index contributed by atoms with van der Waals surface area (Å²) in [4.78, 5) is 25.3. The van der Waals surface area contributed by atoms with E-state index in [0.29, 0.717) is 17.8 Å². The normalized spacial score (nSPS) is 11.1. The van der Waals surface area contributed by atoms with Crippen LogP contribution in [0.15, 0.2) is 62.2 Å². The molecule has 2 aromatic carbocycles. The first kappa shape index (κ1) is 18.4. The Kier molecular flexibility index (Phi) is 5.54. The monoisotopic (exact) mass is 414 g/mol. The van der Waals surface area contributed by atoms with Crippen LogP contribution in [-0.4, -0.2) is 17.9 Å². The van der Waals surface area contributed by atoms with Crippen molar-refractivity contribution in [3.05, 3.63) is 74.6 Å². The third-order valence-electron chi connectivity index (χ3n) is 3.99. The molecule has 6 heteroatoms. The Bertz CT molecular complexity index is 1010. The van der Waals surface area contributed by atoms with Crippen molar-refractivity contribution in [2.24, 2.45) is 0 Å². The summed E-state index contributed by atoms with van der Waals surface area (Å²) in [5, 5.41) is 3.56. The van der Waals surface area contributed by atoms with Gasteiger partial charge >= 0.3 is 5.63 Å². The fourth-order valence-electron chi connectivity index (χ4n) is 2.91. The van der Waals surface area contributed by atoms with Crippen molar-refractivity contribution in [3.8, 4) is 0 Å². The van der Waals surface area contributed by atoms with Crippen LogP contribution in [0.2, 0.25) is 0 Å². The first-order valence-electron chi connectivity index (χ1n) is 8.18. The van der Waals surface area contributed by atoms with Crippen LogP contribution in [0.3, 0.4) is 0 Å². The Hall–Kier alpha value is -2.44. The highest BCUT2D eigenvalue weighted by Crippen LogP contribution is 2.23. The lowest BCUT2D eigenvalue weighted by molar-refractivity contribution is -0.114. The maximum Gasteiger partial charge on any atom is 0.336 e. The number of carbonyl (C=O) groups is 1. The number of nitrogens with one attached hydrogen (secondary N) is 1. The SMILES string of the molecule is CC(=O)Nc1ccc2c(CN(C)Cc3ccccc3Br)cc(=O)oc2c1. The number of anilines is 1. The van der Waals surface area contributed by atoms with E-state index in [1.807, 2.05) is 31.3 Å². The summed E-state index contributed by atoms with van der Waals surface area (Å²) in [6.45, 7) is 2.78. The summed E-state index contributed by atoms with van der Waals surface area (Å²) in [6.07, 6.45) is 0. The van der Waals surface area contributed by atoms with E-state index in [9.17, 15) is 9.59 Å². The summed E-state index contributed by atoms with van der Waals surface area (Å²) in [5.41, 5.74) is 2.73. The zero-order chi connectivity index (χ0) is 18.7. The number of amides is 1. The molecule has 134 valence electrons. The van der Waals surface area contributed by atoms with Gasteiger partial charge in [-0.1, -0.05) is 34.1 Å². The van der Waals surface area contributed by atoms with E-state index in [0.717, 1.165) is 22.0 Å². The van der Waals surface area contributed by atoms with E-state index in [2.05, 4.69) is 32.2 Å². The van der Waals surface area contributed by atoms with Crippen molar-refractivity contribution in [1.82, 2.24) is 4.90 Å². The van der Waals surface area contributed by atoms with Gasteiger partial charge in [-0.05, 0) is 36.4 Å². The van der Waals surface area contributed by atoms with E-state index >= 15 is 0 Å².